The number of nitrogens with zero attached hydrogens (tertiary/aromatic N) is 2. The van der Waals surface area contributed by atoms with Gasteiger partial charge in [-0.25, -0.2) is 5.43 Å². The van der Waals surface area contributed by atoms with Gasteiger partial charge in [0.25, 0.3) is 5.91 Å². The maximum atomic E-state index is 13.0. The van der Waals surface area contributed by atoms with Crippen LogP contribution in [-0.2, 0) is 10.4 Å². The zero-order valence-electron chi connectivity index (χ0n) is 16.1. The van der Waals surface area contributed by atoms with E-state index in [1.807, 2.05) is 6.07 Å². The standard InChI is InChI=1S/C23H17BrClN3O3/c24-19-13-16(14-20(25)21(19)31-12-11-26)15-27-28-22(29)23(30,17-7-3-1-4-8-17)18-9-5-2-6-10-18/h1-10,13-15,30H,12H2,(H,28,29)/b27-15+. The summed E-state index contributed by atoms with van der Waals surface area (Å²) in [5.41, 5.74) is 1.89. The van der Waals surface area contributed by atoms with Gasteiger partial charge in [0.05, 0.1) is 15.7 Å². The van der Waals surface area contributed by atoms with E-state index in [0.29, 0.717) is 26.9 Å². The number of hydrogen-bond acceptors (Lipinski definition) is 5. The van der Waals surface area contributed by atoms with Gasteiger partial charge in [0.2, 0.25) is 0 Å². The van der Waals surface area contributed by atoms with E-state index in [-0.39, 0.29) is 11.6 Å². The number of benzene rings is 3. The number of carbonyl (C=O) groups is 1. The van der Waals surface area contributed by atoms with E-state index in [9.17, 15) is 9.90 Å². The van der Waals surface area contributed by atoms with Gasteiger partial charge in [0, 0.05) is 0 Å². The van der Waals surface area contributed by atoms with Crippen LogP contribution in [0.25, 0.3) is 0 Å². The largest absolute Gasteiger partial charge is 0.476 e. The van der Waals surface area contributed by atoms with Crippen LogP contribution >= 0.6 is 27.5 Å². The number of hydrazone groups is 1. The molecule has 0 bridgehead atoms. The fourth-order valence-electron chi connectivity index (χ4n) is 2.93. The summed E-state index contributed by atoms with van der Waals surface area (Å²) < 4.78 is 5.81. The normalized spacial score (nSPS) is 11.2. The minimum Gasteiger partial charge on any atom is -0.476 e. The van der Waals surface area contributed by atoms with Crippen molar-refractivity contribution >= 4 is 39.7 Å². The molecule has 8 heteroatoms. The smallest absolute Gasteiger partial charge is 0.281 e. The van der Waals surface area contributed by atoms with Crippen molar-refractivity contribution in [3.8, 4) is 11.8 Å². The molecule has 0 spiro atoms. The van der Waals surface area contributed by atoms with Gasteiger partial charge in [-0.2, -0.15) is 10.4 Å². The highest BCUT2D eigenvalue weighted by Crippen LogP contribution is 2.34. The Balaban J connectivity index is 1.84. The van der Waals surface area contributed by atoms with Crippen molar-refractivity contribution in [1.29, 1.82) is 5.26 Å². The van der Waals surface area contributed by atoms with E-state index in [4.69, 9.17) is 21.6 Å². The molecule has 0 aliphatic heterocycles. The van der Waals surface area contributed by atoms with Crippen LogP contribution < -0.4 is 10.2 Å². The highest BCUT2D eigenvalue weighted by molar-refractivity contribution is 9.10. The first-order valence-corrected chi connectivity index (χ1v) is 10.3. The molecule has 156 valence electrons. The average molecular weight is 499 g/mol. The van der Waals surface area contributed by atoms with Gasteiger partial charge in [-0.15, -0.1) is 0 Å². The second kappa shape index (κ2) is 10.2. The van der Waals surface area contributed by atoms with Crippen LogP contribution in [0.5, 0.6) is 5.75 Å². The first kappa shape index (κ1) is 22.5. The van der Waals surface area contributed by atoms with Crippen molar-refractivity contribution in [3.05, 3.63) is 99.0 Å². The molecule has 0 saturated heterocycles. The lowest BCUT2D eigenvalue weighted by atomic mass is 9.85. The highest BCUT2D eigenvalue weighted by atomic mass is 79.9. The molecule has 0 unspecified atom stereocenters. The van der Waals surface area contributed by atoms with E-state index < -0.39 is 11.5 Å². The van der Waals surface area contributed by atoms with Crippen molar-refractivity contribution in [2.75, 3.05) is 6.61 Å². The van der Waals surface area contributed by atoms with Crippen molar-refractivity contribution < 1.29 is 14.6 Å². The average Bonchev–Trinajstić information content (AvgIpc) is 2.79. The highest BCUT2D eigenvalue weighted by Gasteiger charge is 2.39. The van der Waals surface area contributed by atoms with Crippen LogP contribution in [0.2, 0.25) is 5.02 Å². The molecule has 31 heavy (non-hydrogen) atoms. The molecule has 3 aromatic carbocycles. The molecule has 1 amide bonds. The number of rotatable bonds is 7. The van der Waals surface area contributed by atoms with Crippen LogP contribution in [0.3, 0.4) is 0 Å². The number of hydrogen-bond donors (Lipinski definition) is 2. The maximum Gasteiger partial charge on any atom is 0.281 e. The van der Waals surface area contributed by atoms with Crippen molar-refractivity contribution in [3.63, 3.8) is 0 Å². The Morgan fingerprint density at radius 2 is 1.74 bits per heavy atom. The summed E-state index contributed by atoms with van der Waals surface area (Å²) in [6.45, 7) is -0.140. The fraction of sp³-hybridized carbons (Fsp3) is 0.0870. The minimum atomic E-state index is -1.92. The third kappa shape index (κ3) is 5.12. The molecule has 0 atom stereocenters. The van der Waals surface area contributed by atoms with Gasteiger partial charge in [0.1, 0.15) is 6.07 Å². The van der Waals surface area contributed by atoms with Gasteiger partial charge >= 0.3 is 0 Å². The first-order chi connectivity index (χ1) is 15.0. The van der Waals surface area contributed by atoms with Gasteiger partial charge in [-0.05, 0) is 44.8 Å². The summed E-state index contributed by atoms with van der Waals surface area (Å²) in [7, 11) is 0. The van der Waals surface area contributed by atoms with Crippen molar-refractivity contribution in [2.45, 2.75) is 5.60 Å². The molecular formula is C23H17BrClN3O3. The number of aliphatic hydroxyl groups is 1. The Bertz CT molecular complexity index is 1070. The summed E-state index contributed by atoms with van der Waals surface area (Å²) >= 11 is 9.53. The second-order valence-corrected chi connectivity index (χ2v) is 7.66. The Kier molecular flexibility index (Phi) is 7.42. The number of ether oxygens (including phenoxy) is 1. The molecule has 0 saturated carbocycles. The predicted molar refractivity (Wildman–Crippen MR) is 122 cm³/mol. The van der Waals surface area contributed by atoms with E-state index in [1.165, 1.54) is 6.21 Å². The minimum absolute atomic E-state index is 0.140. The number of amides is 1. The van der Waals surface area contributed by atoms with Gasteiger partial charge < -0.3 is 9.84 Å². The van der Waals surface area contributed by atoms with Gasteiger partial charge in [0.15, 0.2) is 18.0 Å². The lowest BCUT2D eigenvalue weighted by Crippen LogP contribution is -2.43. The molecule has 2 N–H and O–H groups in total. The number of nitriles is 1. The molecule has 0 radical (unpaired) electrons. The molecule has 0 heterocycles. The van der Waals surface area contributed by atoms with Crippen LogP contribution in [0.1, 0.15) is 16.7 Å². The summed E-state index contributed by atoms with van der Waals surface area (Å²) in [6.07, 6.45) is 1.39. The van der Waals surface area contributed by atoms with Crippen LogP contribution in [0.4, 0.5) is 0 Å². The number of halogens is 2. The molecule has 0 aliphatic rings. The van der Waals surface area contributed by atoms with Crippen molar-refractivity contribution in [1.82, 2.24) is 5.43 Å². The third-order valence-electron chi connectivity index (χ3n) is 4.39. The Morgan fingerprint density at radius 1 is 1.16 bits per heavy atom. The molecular weight excluding hydrogens is 482 g/mol. The lowest BCUT2D eigenvalue weighted by Gasteiger charge is -2.27. The molecule has 0 aliphatic carbocycles. The zero-order valence-corrected chi connectivity index (χ0v) is 18.5. The number of nitrogens with one attached hydrogen (secondary N) is 1. The number of carbonyl (C=O) groups excluding carboxylic acids is 1. The quantitative estimate of drug-likeness (QED) is 0.373. The summed E-state index contributed by atoms with van der Waals surface area (Å²) in [5.74, 6) is -0.368. The topological polar surface area (TPSA) is 94.7 Å². The summed E-state index contributed by atoms with van der Waals surface area (Å²) in [4.78, 5) is 13.0. The molecule has 0 aromatic heterocycles. The maximum absolute atomic E-state index is 13.0. The Morgan fingerprint density at radius 3 is 2.26 bits per heavy atom. The molecule has 3 rings (SSSR count). The van der Waals surface area contributed by atoms with E-state index >= 15 is 0 Å². The predicted octanol–water partition coefficient (Wildman–Crippen LogP) is 4.39. The Hall–Kier alpha value is -3.18. The van der Waals surface area contributed by atoms with E-state index in [1.54, 1.807) is 72.8 Å². The third-order valence-corrected chi connectivity index (χ3v) is 5.26. The molecule has 0 fully saturated rings. The van der Waals surface area contributed by atoms with Gasteiger partial charge in [-0.3, -0.25) is 4.79 Å². The SMILES string of the molecule is N#CCOc1c(Cl)cc(/C=N/NC(=O)C(O)(c2ccccc2)c2ccccc2)cc1Br. The van der Waals surface area contributed by atoms with Crippen LogP contribution in [0.15, 0.2) is 82.4 Å². The van der Waals surface area contributed by atoms with Gasteiger partial charge in [-0.1, -0.05) is 72.3 Å². The van der Waals surface area contributed by atoms with E-state index in [2.05, 4.69) is 26.5 Å². The van der Waals surface area contributed by atoms with Crippen molar-refractivity contribution in [2.24, 2.45) is 5.10 Å². The zero-order chi connectivity index (χ0) is 22.3. The monoisotopic (exact) mass is 497 g/mol. The van der Waals surface area contributed by atoms with E-state index in [0.717, 1.165) is 0 Å². The first-order valence-electron chi connectivity index (χ1n) is 9.12. The summed E-state index contributed by atoms with van der Waals surface area (Å²) in [6, 6.07) is 22.4. The van der Waals surface area contributed by atoms with Crippen LogP contribution in [0, 0.1) is 11.3 Å². The fourth-order valence-corrected chi connectivity index (χ4v) is 3.92. The Labute approximate surface area is 192 Å². The summed E-state index contributed by atoms with van der Waals surface area (Å²) in [5, 5.41) is 24.3. The van der Waals surface area contributed by atoms with Crippen LogP contribution in [-0.4, -0.2) is 23.8 Å². The molecule has 3 aromatic rings. The lowest BCUT2D eigenvalue weighted by molar-refractivity contribution is -0.136. The second-order valence-electron chi connectivity index (χ2n) is 6.40. The molecule has 6 nitrogen and oxygen atoms in total.